The monoisotopic (exact) mass is 411 g/mol. The van der Waals surface area contributed by atoms with Crippen LogP contribution in [-0.4, -0.2) is 19.3 Å². The van der Waals surface area contributed by atoms with E-state index in [9.17, 15) is 9.59 Å². The molecular formula is C7H9Br3ClNO2. The van der Waals surface area contributed by atoms with Crippen molar-refractivity contribution in [3.05, 3.63) is 0 Å². The van der Waals surface area contributed by atoms with E-state index in [0.717, 1.165) is 6.42 Å². The van der Waals surface area contributed by atoms with E-state index in [4.69, 9.17) is 11.6 Å². The molecule has 1 N–H and O–H groups in total. The van der Waals surface area contributed by atoms with Gasteiger partial charge in [0.2, 0.25) is 7.39 Å². The molecule has 7 heteroatoms. The number of hydrogen-bond acceptors (Lipinski definition) is 2. The highest BCUT2D eigenvalue weighted by atomic mass is 80.0. The Labute approximate surface area is 113 Å². The van der Waals surface area contributed by atoms with Crippen molar-refractivity contribution in [2.24, 2.45) is 0 Å². The minimum absolute atomic E-state index is 0.398. The third kappa shape index (κ3) is 5.68. The van der Waals surface area contributed by atoms with E-state index < -0.39 is 19.3 Å². The minimum atomic E-state index is -1.05. The van der Waals surface area contributed by atoms with E-state index in [1.54, 1.807) is 0 Å². The second-order valence-electron chi connectivity index (χ2n) is 2.62. The highest BCUT2D eigenvalue weighted by molar-refractivity contribution is 9.40. The van der Waals surface area contributed by atoms with Crippen molar-refractivity contribution >= 4 is 70.5 Å². The van der Waals surface area contributed by atoms with Gasteiger partial charge in [0.1, 0.15) is 6.04 Å². The van der Waals surface area contributed by atoms with Crippen LogP contribution in [0.3, 0.4) is 0 Å². The fourth-order valence-corrected chi connectivity index (χ4v) is 1.28. The first-order valence-electron chi connectivity index (χ1n) is 3.86. The molecule has 0 aliphatic heterocycles. The van der Waals surface area contributed by atoms with Crippen LogP contribution >= 0.6 is 59.4 Å². The van der Waals surface area contributed by atoms with Crippen LogP contribution in [0.25, 0.3) is 0 Å². The molecule has 0 radical (unpaired) electrons. The van der Waals surface area contributed by atoms with Crippen LogP contribution in [0.4, 0.5) is 0 Å². The lowest BCUT2D eigenvalue weighted by Gasteiger charge is -2.17. The highest BCUT2D eigenvalue weighted by Crippen LogP contribution is 2.33. The number of hydrogen-bond donors (Lipinski definition) is 1. The summed E-state index contributed by atoms with van der Waals surface area (Å²) in [5.41, 5.74) is 0. The molecular weight excluding hydrogens is 405 g/mol. The van der Waals surface area contributed by atoms with Crippen molar-refractivity contribution < 1.29 is 9.59 Å². The molecule has 0 saturated carbocycles. The van der Waals surface area contributed by atoms with E-state index in [1.807, 2.05) is 6.92 Å². The molecule has 3 nitrogen and oxygen atoms in total. The summed E-state index contributed by atoms with van der Waals surface area (Å²) >= 11 is 14.4. The topological polar surface area (TPSA) is 46.2 Å². The van der Waals surface area contributed by atoms with Crippen molar-refractivity contribution in [3.8, 4) is 0 Å². The standard InChI is InChI=1S/C7H9Br3ClNO2/c1-2-3-4(5(11)13)12-6(14)7(8,9)10/h4H,2-3H2,1H3,(H,12,14). The summed E-state index contributed by atoms with van der Waals surface area (Å²) in [5, 5.41) is 1.94. The number of rotatable bonds is 4. The third-order valence-corrected chi connectivity index (χ3v) is 2.76. The van der Waals surface area contributed by atoms with Gasteiger partial charge < -0.3 is 5.32 Å². The van der Waals surface area contributed by atoms with Crippen molar-refractivity contribution in [2.45, 2.75) is 28.0 Å². The molecule has 0 bridgehead atoms. The lowest BCUT2D eigenvalue weighted by molar-refractivity contribution is -0.123. The van der Waals surface area contributed by atoms with Crippen molar-refractivity contribution in [1.82, 2.24) is 5.32 Å². The van der Waals surface area contributed by atoms with Crippen LogP contribution in [0.1, 0.15) is 19.8 Å². The maximum atomic E-state index is 11.4. The van der Waals surface area contributed by atoms with Gasteiger partial charge in [-0.3, -0.25) is 9.59 Å². The number of amides is 1. The van der Waals surface area contributed by atoms with Crippen LogP contribution in [0.2, 0.25) is 0 Å². The zero-order chi connectivity index (χ0) is 11.4. The largest absolute Gasteiger partial charge is 0.342 e. The maximum Gasteiger partial charge on any atom is 0.259 e. The van der Waals surface area contributed by atoms with Crippen molar-refractivity contribution in [1.29, 1.82) is 0 Å². The summed E-state index contributed by atoms with van der Waals surface area (Å²) in [6.45, 7) is 1.91. The Morgan fingerprint density at radius 2 is 1.93 bits per heavy atom. The van der Waals surface area contributed by atoms with Gasteiger partial charge in [0.05, 0.1) is 0 Å². The molecule has 14 heavy (non-hydrogen) atoms. The molecule has 0 spiro atoms. The summed E-state index contributed by atoms with van der Waals surface area (Å²) in [7, 11) is 0. The number of nitrogens with one attached hydrogen (secondary N) is 1. The summed E-state index contributed by atoms with van der Waals surface area (Å²) in [6, 6.07) is -0.638. The number of alkyl halides is 3. The van der Waals surface area contributed by atoms with Crippen LogP contribution in [0, 0.1) is 0 Å². The summed E-state index contributed by atoms with van der Waals surface area (Å²) < 4.78 is -1.05. The number of halogens is 4. The summed E-state index contributed by atoms with van der Waals surface area (Å²) in [6.07, 6.45) is 1.29. The van der Waals surface area contributed by atoms with E-state index in [2.05, 4.69) is 53.1 Å². The molecule has 1 atom stereocenters. The summed E-state index contributed by atoms with van der Waals surface area (Å²) in [4.78, 5) is 22.3. The smallest absolute Gasteiger partial charge is 0.259 e. The Balaban J connectivity index is 4.31. The third-order valence-electron chi connectivity index (χ3n) is 1.41. The summed E-state index contributed by atoms with van der Waals surface area (Å²) in [5.74, 6) is -0.398. The van der Waals surface area contributed by atoms with Crippen LogP contribution in [0.5, 0.6) is 0 Å². The SMILES string of the molecule is CCCC(NC(=O)C(Br)(Br)Br)C(=O)Cl. The predicted molar refractivity (Wildman–Crippen MR) is 67.2 cm³/mol. The van der Waals surface area contributed by atoms with Crippen LogP contribution in [-0.2, 0) is 9.59 Å². The van der Waals surface area contributed by atoms with Gasteiger partial charge in [0.25, 0.3) is 5.91 Å². The average molecular weight is 414 g/mol. The molecule has 1 amide bonds. The maximum absolute atomic E-state index is 11.4. The molecule has 0 heterocycles. The van der Waals surface area contributed by atoms with Crippen LogP contribution in [0.15, 0.2) is 0 Å². The molecule has 0 aromatic carbocycles. The molecule has 82 valence electrons. The molecule has 0 aliphatic carbocycles. The first-order valence-corrected chi connectivity index (χ1v) is 6.61. The molecule has 0 aromatic rings. The molecule has 0 rings (SSSR count). The molecule has 0 aromatic heterocycles. The Bertz CT molecular complexity index is 229. The zero-order valence-corrected chi connectivity index (χ0v) is 12.8. The van der Waals surface area contributed by atoms with Gasteiger partial charge in [0, 0.05) is 0 Å². The molecule has 0 aliphatic rings. The second kappa shape index (κ2) is 6.45. The normalized spacial score (nSPS) is 13.5. The van der Waals surface area contributed by atoms with E-state index in [0.29, 0.717) is 6.42 Å². The average Bonchev–Trinajstić information content (AvgIpc) is 2.01. The Kier molecular flexibility index (Phi) is 6.85. The van der Waals surface area contributed by atoms with E-state index >= 15 is 0 Å². The van der Waals surface area contributed by atoms with Gasteiger partial charge in [-0.1, -0.05) is 13.3 Å². The van der Waals surface area contributed by atoms with Crippen molar-refractivity contribution in [3.63, 3.8) is 0 Å². The predicted octanol–water partition coefficient (Wildman–Crippen LogP) is 2.88. The molecule has 0 saturated heterocycles. The lowest BCUT2D eigenvalue weighted by atomic mass is 10.2. The lowest BCUT2D eigenvalue weighted by Crippen LogP contribution is -2.43. The molecule has 1 unspecified atom stereocenters. The Hall–Kier alpha value is 0.870. The van der Waals surface area contributed by atoms with Crippen molar-refractivity contribution in [2.75, 3.05) is 0 Å². The van der Waals surface area contributed by atoms with E-state index in [1.165, 1.54) is 0 Å². The van der Waals surface area contributed by atoms with Gasteiger partial charge in [-0.15, -0.1) is 0 Å². The quantitative estimate of drug-likeness (QED) is 0.568. The Morgan fingerprint density at radius 3 is 2.21 bits per heavy atom. The zero-order valence-electron chi connectivity index (χ0n) is 7.32. The fourth-order valence-electron chi connectivity index (χ4n) is 0.771. The van der Waals surface area contributed by atoms with Gasteiger partial charge in [0.15, 0.2) is 0 Å². The van der Waals surface area contributed by atoms with Gasteiger partial charge in [-0.25, -0.2) is 0 Å². The number of carbonyl (C=O) groups is 2. The minimum Gasteiger partial charge on any atom is -0.342 e. The Morgan fingerprint density at radius 1 is 1.43 bits per heavy atom. The van der Waals surface area contributed by atoms with Gasteiger partial charge in [-0.05, 0) is 65.8 Å². The van der Waals surface area contributed by atoms with Crippen LogP contribution < -0.4 is 5.32 Å². The highest BCUT2D eigenvalue weighted by Gasteiger charge is 2.31. The first-order chi connectivity index (χ1) is 6.29. The fraction of sp³-hybridized carbons (Fsp3) is 0.714. The molecule has 0 fully saturated rings. The van der Waals surface area contributed by atoms with E-state index in [-0.39, 0.29) is 0 Å². The second-order valence-corrected chi connectivity index (χ2v) is 9.75. The first kappa shape index (κ1) is 14.9. The number of carbonyl (C=O) groups excluding carboxylic acids is 2. The van der Waals surface area contributed by atoms with Gasteiger partial charge >= 0.3 is 0 Å². The van der Waals surface area contributed by atoms with Gasteiger partial charge in [-0.2, -0.15) is 0 Å².